The molecule has 0 aromatic carbocycles. The van der Waals surface area contributed by atoms with Crippen molar-refractivity contribution in [3.8, 4) is 0 Å². The summed E-state index contributed by atoms with van der Waals surface area (Å²) in [4.78, 5) is 23.0. The number of carboxylic acid groups (broad SMARTS) is 1. The Morgan fingerprint density at radius 2 is 1.92 bits per heavy atom. The molecule has 0 saturated heterocycles. The van der Waals surface area contributed by atoms with Crippen molar-refractivity contribution in [3.05, 3.63) is 11.6 Å². The van der Waals surface area contributed by atoms with E-state index in [2.05, 4.69) is 13.8 Å². The molecule has 0 aromatic heterocycles. The lowest BCUT2D eigenvalue weighted by molar-refractivity contribution is -0.141. The molecule has 0 heterocycles. The second-order valence-electron chi connectivity index (χ2n) is 9.86. The van der Waals surface area contributed by atoms with Gasteiger partial charge < -0.3 is 10.2 Å². The van der Waals surface area contributed by atoms with E-state index < -0.39 is 12.1 Å². The first kappa shape index (κ1) is 18.2. The van der Waals surface area contributed by atoms with E-state index in [0.29, 0.717) is 30.0 Å². The van der Waals surface area contributed by atoms with Crippen LogP contribution < -0.4 is 0 Å². The van der Waals surface area contributed by atoms with Gasteiger partial charge >= 0.3 is 5.97 Å². The quantitative estimate of drug-likeness (QED) is 0.798. The molecule has 1 unspecified atom stereocenters. The average molecular weight is 360 g/mol. The number of carbonyl (C=O) groups excluding carboxylic acids is 1. The first-order valence-corrected chi connectivity index (χ1v) is 10.4. The van der Waals surface area contributed by atoms with Crippen LogP contribution in [0.15, 0.2) is 11.6 Å². The van der Waals surface area contributed by atoms with Crippen molar-refractivity contribution in [3.63, 3.8) is 0 Å². The molecule has 0 spiro atoms. The van der Waals surface area contributed by atoms with E-state index in [1.807, 2.05) is 6.08 Å². The molecule has 3 saturated carbocycles. The van der Waals surface area contributed by atoms with Gasteiger partial charge in [-0.1, -0.05) is 19.4 Å². The van der Waals surface area contributed by atoms with Gasteiger partial charge in [0.05, 0.1) is 12.5 Å². The first-order chi connectivity index (χ1) is 12.3. The van der Waals surface area contributed by atoms with E-state index in [0.717, 1.165) is 44.9 Å². The second kappa shape index (κ2) is 6.19. The molecule has 144 valence electrons. The summed E-state index contributed by atoms with van der Waals surface area (Å²) >= 11 is 0. The fraction of sp³-hybridized carbons (Fsp3) is 0.818. The number of allylic oxidation sites excluding steroid dienone is 1. The topological polar surface area (TPSA) is 74.6 Å². The van der Waals surface area contributed by atoms with Gasteiger partial charge in [0.1, 0.15) is 0 Å². The summed E-state index contributed by atoms with van der Waals surface area (Å²) in [5, 5.41) is 19.7. The summed E-state index contributed by atoms with van der Waals surface area (Å²) in [5.41, 5.74) is 1.63. The molecule has 0 bridgehead atoms. The van der Waals surface area contributed by atoms with Crippen LogP contribution in [0.2, 0.25) is 0 Å². The number of hydrogen-bond acceptors (Lipinski definition) is 3. The molecule has 26 heavy (non-hydrogen) atoms. The van der Waals surface area contributed by atoms with E-state index in [-0.39, 0.29) is 23.2 Å². The van der Waals surface area contributed by atoms with Crippen molar-refractivity contribution in [2.45, 2.75) is 77.7 Å². The van der Waals surface area contributed by atoms with E-state index in [9.17, 15) is 14.7 Å². The normalized spacial score (nSPS) is 46.0. The van der Waals surface area contributed by atoms with Gasteiger partial charge in [-0.15, -0.1) is 0 Å². The number of fused-ring (bicyclic) bond motifs is 5. The van der Waals surface area contributed by atoms with Crippen LogP contribution in [0.3, 0.4) is 0 Å². The highest BCUT2D eigenvalue weighted by molar-refractivity contribution is 5.91. The second-order valence-corrected chi connectivity index (χ2v) is 9.86. The number of ketones is 1. The maximum atomic E-state index is 11.9. The van der Waals surface area contributed by atoms with Crippen molar-refractivity contribution < 1.29 is 19.8 Å². The summed E-state index contributed by atoms with van der Waals surface area (Å²) in [6, 6.07) is 0. The number of hydrogen-bond donors (Lipinski definition) is 2. The molecule has 0 amide bonds. The fourth-order valence-electron chi connectivity index (χ4n) is 7.55. The van der Waals surface area contributed by atoms with E-state index >= 15 is 0 Å². The highest BCUT2D eigenvalue weighted by Gasteiger charge is 2.59. The Hall–Kier alpha value is -1.16. The van der Waals surface area contributed by atoms with Crippen LogP contribution in [0, 0.1) is 34.5 Å². The Bertz CT molecular complexity index is 653. The standard InChI is InChI=1S/C22H32O4/c1-21-9-7-14(23)11-13(21)3-4-15-16-5-6-18(19(24)12-20(25)26)22(16,2)10-8-17(15)21/h11,15-19,24H,3-10,12H2,1-2H3,(H,25,26)/t15-,16-,17-,18+,19?,21-,22-/m0/s1. The van der Waals surface area contributed by atoms with Gasteiger partial charge in [-0.3, -0.25) is 9.59 Å². The molecule has 4 aliphatic carbocycles. The molecule has 4 nitrogen and oxygen atoms in total. The third-order valence-electron chi connectivity index (χ3n) is 8.88. The summed E-state index contributed by atoms with van der Waals surface area (Å²) in [7, 11) is 0. The Morgan fingerprint density at radius 1 is 1.15 bits per heavy atom. The van der Waals surface area contributed by atoms with Gasteiger partial charge in [-0.2, -0.15) is 0 Å². The average Bonchev–Trinajstić information content (AvgIpc) is 2.92. The molecule has 0 aromatic rings. The lowest BCUT2D eigenvalue weighted by atomic mass is 9.46. The predicted molar refractivity (Wildman–Crippen MR) is 98.5 cm³/mol. The number of carboxylic acids is 1. The minimum Gasteiger partial charge on any atom is -0.481 e. The minimum atomic E-state index is -0.898. The zero-order chi connectivity index (χ0) is 18.7. The molecule has 3 fully saturated rings. The fourth-order valence-corrected chi connectivity index (χ4v) is 7.55. The summed E-state index contributed by atoms with van der Waals surface area (Å²) < 4.78 is 0. The Morgan fingerprint density at radius 3 is 2.65 bits per heavy atom. The van der Waals surface area contributed by atoms with Gasteiger partial charge in [-0.25, -0.2) is 0 Å². The molecule has 0 aliphatic heterocycles. The zero-order valence-electron chi connectivity index (χ0n) is 16.0. The molecular weight excluding hydrogens is 328 g/mol. The third-order valence-corrected chi connectivity index (χ3v) is 8.88. The number of aliphatic hydroxyl groups excluding tert-OH is 1. The highest BCUT2D eigenvalue weighted by Crippen LogP contribution is 2.67. The van der Waals surface area contributed by atoms with Crippen LogP contribution in [-0.4, -0.2) is 28.1 Å². The number of carbonyl (C=O) groups is 2. The van der Waals surface area contributed by atoms with Gasteiger partial charge in [0.25, 0.3) is 0 Å². The van der Waals surface area contributed by atoms with E-state index in [1.165, 1.54) is 5.57 Å². The van der Waals surface area contributed by atoms with Crippen LogP contribution >= 0.6 is 0 Å². The zero-order valence-corrected chi connectivity index (χ0v) is 16.0. The summed E-state index contributed by atoms with van der Waals surface area (Å²) in [5.74, 6) is 1.41. The molecule has 4 aliphatic rings. The maximum absolute atomic E-state index is 11.9. The Kier molecular flexibility index (Phi) is 4.33. The van der Waals surface area contributed by atoms with Crippen LogP contribution in [0.25, 0.3) is 0 Å². The lowest BCUT2D eigenvalue weighted by Crippen LogP contribution is -2.51. The number of rotatable bonds is 3. The molecule has 7 atom stereocenters. The van der Waals surface area contributed by atoms with E-state index in [4.69, 9.17) is 5.11 Å². The van der Waals surface area contributed by atoms with Gasteiger partial charge in [0.15, 0.2) is 5.78 Å². The van der Waals surface area contributed by atoms with Crippen LogP contribution in [0.1, 0.15) is 71.6 Å². The van der Waals surface area contributed by atoms with Crippen LogP contribution in [0.4, 0.5) is 0 Å². The SMILES string of the molecule is C[C@]12CC[C@H]3[C@@H](CCC4=CC(=O)CC[C@@]43C)[C@@H]1CC[C@@H]2C(O)CC(=O)O. The van der Waals surface area contributed by atoms with Gasteiger partial charge in [0, 0.05) is 6.42 Å². The molecule has 0 radical (unpaired) electrons. The predicted octanol–water partition coefficient (Wildman–Crippen LogP) is 3.97. The van der Waals surface area contributed by atoms with Crippen LogP contribution in [-0.2, 0) is 9.59 Å². The van der Waals surface area contributed by atoms with Crippen LogP contribution in [0.5, 0.6) is 0 Å². The van der Waals surface area contributed by atoms with Crippen molar-refractivity contribution in [2.75, 3.05) is 0 Å². The highest BCUT2D eigenvalue weighted by atomic mass is 16.4. The van der Waals surface area contributed by atoms with Crippen molar-refractivity contribution in [2.24, 2.45) is 34.5 Å². The van der Waals surface area contributed by atoms with Crippen molar-refractivity contribution in [1.82, 2.24) is 0 Å². The minimum absolute atomic E-state index is 0.0676. The first-order valence-electron chi connectivity index (χ1n) is 10.4. The molecule has 2 N–H and O–H groups in total. The van der Waals surface area contributed by atoms with Crippen molar-refractivity contribution >= 4 is 11.8 Å². The molecule has 4 rings (SSSR count). The van der Waals surface area contributed by atoms with Gasteiger partial charge in [-0.05, 0) is 85.5 Å². The van der Waals surface area contributed by atoms with Gasteiger partial charge in [0.2, 0.25) is 0 Å². The van der Waals surface area contributed by atoms with Crippen molar-refractivity contribution in [1.29, 1.82) is 0 Å². The lowest BCUT2D eigenvalue weighted by Gasteiger charge is -2.58. The molecule has 4 heteroatoms. The largest absolute Gasteiger partial charge is 0.481 e. The number of aliphatic carboxylic acids is 1. The third kappa shape index (κ3) is 2.59. The Labute approximate surface area is 156 Å². The maximum Gasteiger partial charge on any atom is 0.305 e. The summed E-state index contributed by atoms with van der Waals surface area (Å²) in [6.45, 7) is 4.70. The Balaban J connectivity index is 1.59. The smallest absolute Gasteiger partial charge is 0.305 e. The monoisotopic (exact) mass is 360 g/mol. The number of aliphatic hydroxyl groups is 1. The molecular formula is C22H32O4. The summed E-state index contributed by atoms with van der Waals surface area (Å²) in [6.07, 6.45) is 9.27. The van der Waals surface area contributed by atoms with E-state index in [1.54, 1.807) is 0 Å².